The highest BCUT2D eigenvalue weighted by atomic mass is 16.1. The predicted molar refractivity (Wildman–Crippen MR) is 221 cm³/mol. The van der Waals surface area contributed by atoms with Crippen molar-refractivity contribution in [2.45, 2.75) is 0 Å². The summed E-state index contributed by atoms with van der Waals surface area (Å²) in [4.78, 5) is 15.2. The molecule has 0 bridgehead atoms. The molecule has 0 heterocycles. The quantitative estimate of drug-likeness (QED) is 0.170. The first-order valence-corrected chi connectivity index (χ1v) is 17.0. The van der Waals surface area contributed by atoms with E-state index in [-0.39, 0.29) is 5.78 Å². The summed E-state index contributed by atoms with van der Waals surface area (Å²) >= 11 is 0. The second kappa shape index (κ2) is 15.4. The monoisotopic (exact) mass is 680 g/mol. The van der Waals surface area contributed by atoms with Gasteiger partial charge in [-0.25, -0.2) is 0 Å². The average Bonchev–Trinajstić information content (AvgIpc) is 3.55. The lowest BCUT2D eigenvalue weighted by Crippen LogP contribution is -2.03. The number of rotatable bonds is 4. The average molecular weight is 681 g/mol. The maximum atomic E-state index is 15.2. The minimum absolute atomic E-state index is 0.213. The molecule has 0 saturated carbocycles. The Hall–Kier alpha value is -8.17. The SMILES string of the molecule is C#Cc1cc(C#C)cc(C2=C(c3ccc(C#Cc4ccccc4)cc3)C(c3ccc(C#Cc4ccccc4)cc3)=C(c3cc(C#C)cc(C#C)c3)C2=O)c1. The zero-order chi connectivity index (χ0) is 37.4. The van der Waals surface area contributed by atoms with Crippen LogP contribution >= 0.6 is 0 Å². The summed E-state index contributed by atoms with van der Waals surface area (Å²) in [5, 5.41) is 0. The van der Waals surface area contributed by atoms with Gasteiger partial charge in [0, 0.05) is 66.8 Å². The summed E-state index contributed by atoms with van der Waals surface area (Å²) < 4.78 is 0. The number of carbonyl (C=O) groups excluding carboxylic acids is 1. The second-order valence-corrected chi connectivity index (χ2v) is 12.4. The molecule has 0 aliphatic heterocycles. The van der Waals surface area contributed by atoms with Crippen LogP contribution in [0.3, 0.4) is 0 Å². The first-order chi connectivity index (χ1) is 26.5. The largest absolute Gasteiger partial charge is 0.289 e. The Balaban J connectivity index is 1.48. The van der Waals surface area contributed by atoms with Gasteiger partial charge in [0.15, 0.2) is 5.78 Å². The first kappa shape index (κ1) is 34.3. The molecule has 0 amide bonds. The van der Waals surface area contributed by atoms with Crippen LogP contribution in [0.1, 0.15) is 66.8 Å². The van der Waals surface area contributed by atoms with Gasteiger partial charge in [0.1, 0.15) is 0 Å². The molecule has 0 saturated heterocycles. The summed E-state index contributed by atoms with van der Waals surface area (Å²) in [6, 6.07) is 46.2. The van der Waals surface area contributed by atoms with E-state index in [1.807, 2.05) is 133 Å². The Morgan fingerprint density at radius 3 is 0.889 bits per heavy atom. The van der Waals surface area contributed by atoms with Crippen molar-refractivity contribution in [2.24, 2.45) is 0 Å². The van der Waals surface area contributed by atoms with Crippen LogP contribution in [0.2, 0.25) is 0 Å². The number of hydrogen-bond donors (Lipinski definition) is 0. The zero-order valence-corrected chi connectivity index (χ0v) is 29.1. The molecule has 6 aromatic rings. The molecule has 0 fully saturated rings. The number of benzene rings is 6. The number of terminal acetylenes is 4. The van der Waals surface area contributed by atoms with Crippen molar-refractivity contribution in [3.05, 3.63) is 212 Å². The van der Waals surface area contributed by atoms with Crippen LogP contribution in [0.4, 0.5) is 0 Å². The molecule has 1 aliphatic carbocycles. The van der Waals surface area contributed by atoms with E-state index in [4.69, 9.17) is 25.7 Å². The summed E-state index contributed by atoms with van der Waals surface area (Å²) in [6.07, 6.45) is 23.6. The van der Waals surface area contributed by atoms with Crippen molar-refractivity contribution in [3.63, 3.8) is 0 Å². The Labute approximate surface area is 317 Å². The fourth-order valence-electron chi connectivity index (χ4n) is 6.38. The fourth-order valence-corrected chi connectivity index (χ4v) is 6.38. The lowest BCUT2D eigenvalue weighted by atomic mass is 9.88. The number of hydrogen-bond acceptors (Lipinski definition) is 1. The molecule has 1 aliphatic rings. The molecule has 0 spiro atoms. The predicted octanol–water partition coefficient (Wildman–Crippen LogP) is 9.52. The highest BCUT2D eigenvalue weighted by Crippen LogP contribution is 2.50. The molecule has 0 atom stereocenters. The highest BCUT2D eigenvalue weighted by Gasteiger charge is 2.36. The third-order valence-electron chi connectivity index (χ3n) is 8.91. The van der Waals surface area contributed by atoms with Crippen LogP contribution in [0.25, 0.3) is 22.3 Å². The summed E-state index contributed by atoms with van der Waals surface area (Å²) in [6.45, 7) is 0. The Bertz CT molecular complexity index is 2560. The molecule has 246 valence electrons. The molecular weight excluding hydrogens is 653 g/mol. The Morgan fingerprint density at radius 1 is 0.296 bits per heavy atom. The molecule has 7 rings (SSSR count). The molecule has 0 radical (unpaired) electrons. The van der Waals surface area contributed by atoms with E-state index in [0.717, 1.165) is 33.4 Å². The van der Waals surface area contributed by atoms with E-state index in [9.17, 15) is 0 Å². The van der Waals surface area contributed by atoms with Gasteiger partial charge >= 0.3 is 0 Å². The van der Waals surface area contributed by atoms with Gasteiger partial charge in [-0.3, -0.25) is 4.79 Å². The first-order valence-electron chi connectivity index (χ1n) is 17.0. The smallest absolute Gasteiger partial charge is 0.195 e. The van der Waals surface area contributed by atoms with Crippen molar-refractivity contribution >= 4 is 28.1 Å². The van der Waals surface area contributed by atoms with Gasteiger partial charge in [-0.2, -0.15) is 0 Å². The molecular formula is C53H28O. The summed E-state index contributed by atoms with van der Waals surface area (Å²) in [7, 11) is 0. The van der Waals surface area contributed by atoms with Gasteiger partial charge in [0.2, 0.25) is 0 Å². The van der Waals surface area contributed by atoms with E-state index >= 15 is 4.79 Å². The molecule has 1 nitrogen and oxygen atoms in total. The summed E-state index contributed by atoms with van der Waals surface area (Å²) in [5.41, 5.74) is 10.9. The van der Waals surface area contributed by atoms with Crippen LogP contribution in [-0.2, 0) is 4.79 Å². The van der Waals surface area contributed by atoms with Crippen molar-refractivity contribution in [1.82, 2.24) is 0 Å². The maximum Gasteiger partial charge on any atom is 0.195 e. The van der Waals surface area contributed by atoms with Gasteiger partial charge in [0.25, 0.3) is 0 Å². The van der Waals surface area contributed by atoms with Crippen LogP contribution < -0.4 is 0 Å². The zero-order valence-electron chi connectivity index (χ0n) is 29.1. The minimum Gasteiger partial charge on any atom is -0.289 e. The van der Waals surface area contributed by atoms with E-state index in [1.54, 1.807) is 12.1 Å². The second-order valence-electron chi connectivity index (χ2n) is 12.4. The molecule has 6 aromatic carbocycles. The topological polar surface area (TPSA) is 17.1 Å². The number of carbonyl (C=O) groups is 1. The van der Waals surface area contributed by atoms with E-state index in [2.05, 4.69) is 47.4 Å². The fraction of sp³-hybridized carbons (Fsp3) is 0. The maximum absolute atomic E-state index is 15.2. The third-order valence-corrected chi connectivity index (χ3v) is 8.91. The van der Waals surface area contributed by atoms with E-state index in [0.29, 0.717) is 55.7 Å². The van der Waals surface area contributed by atoms with Crippen molar-refractivity contribution in [2.75, 3.05) is 0 Å². The lowest BCUT2D eigenvalue weighted by Gasteiger charge is -2.14. The Kier molecular flexibility index (Phi) is 9.77. The molecule has 0 aromatic heterocycles. The van der Waals surface area contributed by atoms with Gasteiger partial charge in [-0.1, -0.05) is 108 Å². The Morgan fingerprint density at radius 2 is 0.593 bits per heavy atom. The number of ketones is 1. The van der Waals surface area contributed by atoms with Gasteiger partial charge in [-0.15, -0.1) is 25.7 Å². The molecule has 0 N–H and O–H groups in total. The van der Waals surface area contributed by atoms with Gasteiger partial charge in [-0.05, 0) is 107 Å². The number of allylic oxidation sites excluding steroid dienone is 4. The van der Waals surface area contributed by atoms with Gasteiger partial charge < -0.3 is 0 Å². The van der Waals surface area contributed by atoms with Crippen molar-refractivity contribution < 1.29 is 4.79 Å². The van der Waals surface area contributed by atoms with Crippen molar-refractivity contribution in [3.8, 4) is 73.1 Å². The summed E-state index contributed by atoms with van der Waals surface area (Å²) in [5.74, 6) is 23.5. The molecule has 1 heteroatoms. The molecule has 54 heavy (non-hydrogen) atoms. The van der Waals surface area contributed by atoms with E-state index < -0.39 is 0 Å². The van der Waals surface area contributed by atoms with Crippen molar-refractivity contribution in [1.29, 1.82) is 0 Å². The standard InChI is InChI=1S/C53H28O/c1-5-37-31-38(6-2)34-47(33-37)51-49(45-27-23-43(24-28-45)21-19-41-15-11-9-12-16-41)50(52(53(51)54)48-35-39(7-3)32-40(8-4)36-48)46-29-25-44(26-30-46)22-20-42-17-13-10-14-18-42/h1-4,9-18,23-36H. The third kappa shape index (κ3) is 7.18. The normalized spacial score (nSPS) is 11.6. The van der Waals surface area contributed by atoms with E-state index in [1.165, 1.54) is 0 Å². The molecule has 0 unspecified atom stereocenters. The van der Waals surface area contributed by atoms with Gasteiger partial charge in [0.05, 0.1) is 0 Å². The van der Waals surface area contributed by atoms with Crippen LogP contribution in [0, 0.1) is 73.1 Å². The van der Waals surface area contributed by atoms with Crippen LogP contribution in [0.15, 0.2) is 146 Å². The lowest BCUT2D eigenvalue weighted by molar-refractivity contribution is -0.108. The highest BCUT2D eigenvalue weighted by molar-refractivity contribution is 6.59. The number of Topliss-reactive ketones (excluding diaryl/α,β-unsaturated/α-hetero) is 1. The van der Waals surface area contributed by atoms with Crippen LogP contribution in [-0.4, -0.2) is 5.78 Å². The van der Waals surface area contributed by atoms with Crippen LogP contribution in [0.5, 0.6) is 0 Å². The minimum atomic E-state index is -0.213.